The van der Waals surface area contributed by atoms with Crippen molar-refractivity contribution >= 4 is 5.91 Å². The van der Waals surface area contributed by atoms with Crippen LogP contribution in [0.25, 0.3) is 0 Å². The van der Waals surface area contributed by atoms with Crippen molar-refractivity contribution in [3.63, 3.8) is 0 Å². The van der Waals surface area contributed by atoms with E-state index in [2.05, 4.69) is 11.8 Å². The summed E-state index contributed by atoms with van der Waals surface area (Å²) in [5.41, 5.74) is 6.51. The van der Waals surface area contributed by atoms with Crippen LogP contribution in [0, 0.1) is 10.8 Å². The van der Waals surface area contributed by atoms with Crippen LogP contribution in [0.15, 0.2) is 0 Å². The van der Waals surface area contributed by atoms with E-state index < -0.39 is 0 Å². The summed E-state index contributed by atoms with van der Waals surface area (Å²) < 4.78 is 0. The average molecular weight is 278 g/mol. The highest BCUT2D eigenvalue weighted by molar-refractivity contribution is 5.83. The quantitative estimate of drug-likeness (QED) is 0.801. The van der Waals surface area contributed by atoms with Crippen molar-refractivity contribution in [1.29, 1.82) is 0 Å². The van der Waals surface area contributed by atoms with Crippen LogP contribution in [0.5, 0.6) is 0 Å². The Kier molecular flexibility index (Phi) is 3.83. The lowest BCUT2D eigenvalue weighted by Crippen LogP contribution is -2.52. The molecule has 2 unspecified atom stereocenters. The maximum Gasteiger partial charge on any atom is 0.230 e. The molecule has 1 saturated heterocycles. The highest BCUT2D eigenvalue weighted by Gasteiger charge is 2.46. The number of hydrogen-bond acceptors (Lipinski definition) is 2. The lowest BCUT2D eigenvalue weighted by molar-refractivity contribution is -0.144. The van der Waals surface area contributed by atoms with Crippen molar-refractivity contribution in [3.05, 3.63) is 0 Å². The van der Waals surface area contributed by atoms with Gasteiger partial charge in [0.05, 0.1) is 5.41 Å². The van der Waals surface area contributed by atoms with Crippen LogP contribution in [0.3, 0.4) is 0 Å². The van der Waals surface area contributed by atoms with Crippen LogP contribution in [0.2, 0.25) is 0 Å². The highest BCUT2D eigenvalue weighted by Crippen LogP contribution is 2.46. The van der Waals surface area contributed by atoms with Gasteiger partial charge < -0.3 is 10.6 Å². The Labute approximate surface area is 123 Å². The topological polar surface area (TPSA) is 46.3 Å². The van der Waals surface area contributed by atoms with Crippen molar-refractivity contribution in [3.8, 4) is 0 Å². The minimum Gasteiger partial charge on any atom is -0.342 e. The normalized spacial score (nSPS) is 37.3. The summed E-state index contributed by atoms with van der Waals surface area (Å²) in [5, 5.41) is 0. The van der Waals surface area contributed by atoms with Crippen LogP contribution in [0.1, 0.15) is 71.1 Å². The minimum atomic E-state index is -0.281. The first-order chi connectivity index (χ1) is 9.56. The molecule has 0 bridgehead atoms. The summed E-state index contributed by atoms with van der Waals surface area (Å²) in [6.07, 6.45) is 12.6. The van der Waals surface area contributed by atoms with E-state index in [9.17, 15) is 4.79 Å². The third kappa shape index (κ3) is 2.38. The van der Waals surface area contributed by atoms with Gasteiger partial charge in [0.15, 0.2) is 0 Å². The van der Waals surface area contributed by atoms with Gasteiger partial charge in [-0.15, -0.1) is 0 Å². The molecule has 3 aliphatic rings. The van der Waals surface area contributed by atoms with Gasteiger partial charge in [-0.2, -0.15) is 0 Å². The Hall–Kier alpha value is -0.570. The highest BCUT2D eigenvalue weighted by atomic mass is 16.2. The van der Waals surface area contributed by atoms with Crippen molar-refractivity contribution in [2.24, 2.45) is 16.6 Å². The Balaban J connectivity index is 1.61. The fourth-order valence-electron chi connectivity index (χ4n) is 4.81. The molecule has 2 atom stereocenters. The summed E-state index contributed by atoms with van der Waals surface area (Å²) in [5.74, 6) is 0.341. The van der Waals surface area contributed by atoms with Gasteiger partial charge in [0, 0.05) is 19.1 Å². The number of nitrogens with zero attached hydrogens (tertiary/aromatic N) is 1. The Morgan fingerprint density at radius 3 is 2.20 bits per heavy atom. The number of hydrogen-bond donors (Lipinski definition) is 1. The molecule has 3 rings (SSSR count). The van der Waals surface area contributed by atoms with E-state index in [1.54, 1.807) is 0 Å². The third-order valence-corrected chi connectivity index (χ3v) is 6.54. The monoisotopic (exact) mass is 278 g/mol. The second kappa shape index (κ2) is 5.32. The van der Waals surface area contributed by atoms with Gasteiger partial charge in [0.25, 0.3) is 0 Å². The number of carbonyl (C=O) groups is 1. The molecule has 0 aromatic rings. The molecular weight excluding hydrogens is 248 g/mol. The number of rotatable bonds is 1. The van der Waals surface area contributed by atoms with E-state index >= 15 is 0 Å². The van der Waals surface area contributed by atoms with Crippen LogP contribution >= 0.6 is 0 Å². The molecule has 1 aliphatic heterocycles. The fourth-order valence-corrected chi connectivity index (χ4v) is 4.81. The molecule has 114 valence electrons. The Morgan fingerprint density at radius 1 is 1.00 bits per heavy atom. The lowest BCUT2D eigenvalue weighted by Gasteiger charge is -2.46. The number of piperidine rings is 1. The standard InChI is InChI=1S/C17H30N2O/c1-16(7-5-6-14(16)18)15(20)19-12-10-17(11-13-19)8-3-2-4-9-17/h14H,2-13,18H2,1H3. The predicted molar refractivity (Wildman–Crippen MR) is 81.3 cm³/mol. The molecule has 3 heteroatoms. The Bertz CT molecular complexity index is 365. The maximum absolute atomic E-state index is 12.8. The lowest BCUT2D eigenvalue weighted by atomic mass is 9.68. The molecular formula is C17H30N2O. The first kappa shape index (κ1) is 14.4. The van der Waals surface area contributed by atoms with Crippen LogP contribution in [-0.2, 0) is 4.79 Å². The third-order valence-electron chi connectivity index (χ3n) is 6.54. The van der Waals surface area contributed by atoms with Gasteiger partial charge in [-0.05, 0) is 50.9 Å². The molecule has 3 nitrogen and oxygen atoms in total. The molecule has 2 aliphatic carbocycles. The summed E-state index contributed by atoms with van der Waals surface area (Å²) in [7, 11) is 0. The molecule has 1 spiro atoms. The number of amides is 1. The van der Waals surface area contributed by atoms with Gasteiger partial charge >= 0.3 is 0 Å². The van der Waals surface area contributed by atoms with Gasteiger partial charge in [0.2, 0.25) is 5.91 Å². The van der Waals surface area contributed by atoms with Crippen molar-refractivity contribution < 1.29 is 4.79 Å². The van der Waals surface area contributed by atoms with Crippen LogP contribution in [0.4, 0.5) is 0 Å². The van der Waals surface area contributed by atoms with Gasteiger partial charge in [0.1, 0.15) is 0 Å². The molecule has 0 aromatic heterocycles. The SMILES string of the molecule is CC1(C(=O)N2CCC3(CCCCC3)CC2)CCCC1N. The zero-order chi connectivity index (χ0) is 14.2. The van der Waals surface area contributed by atoms with Crippen molar-refractivity contribution in [2.45, 2.75) is 77.2 Å². The second-order valence-corrected chi connectivity index (χ2v) is 7.77. The van der Waals surface area contributed by atoms with E-state index in [0.29, 0.717) is 11.3 Å². The zero-order valence-electron chi connectivity index (χ0n) is 13.0. The van der Waals surface area contributed by atoms with Crippen LogP contribution < -0.4 is 5.73 Å². The fraction of sp³-hybridized carbons (Fsp3) is 0.941. The molecule has 0 aromatic carbocycles. The molecule has 2 N–H and O–H groups in total. The van der Waals surface area contributed by atoms with E-state index in [1.165, 1.54) is 44.9 Å². The Morgan fingerprint density at radius 2 is 1.65 bits per heavy atom. The smallest absolute Gasteiger partial charge is 0.230 e. The first-order valence-corrected chi connectivity index (χ1v) is 8.61. The van der Waals surface area contributed by atoms with E-state index in [-0.39, 0.29) is 11.5 Å². The second-order valence-electron chi connectivity index (χ2n) is 7.77. The summed E-state index contributed by atoms with van der Waals surface area (Å²) in [4.78, 5) is 15.0. The van der Waals surface area contributed by atoms with Gasteiger partial charge in [-0.1, -0.05) is 25.7 Å². The molecule has 1 amide bonds. The summed E-state index contributed by atoms with van der Waals surface area (Å²) in [6.45, 7) is 4.04. The van der Waals surface area contributed by atoms with Crippen molar-refractivity contribution in [2.75, 3.05) is 13.1 Å². The first-order valence-electron chi connectivity index (χ1n) is 8.61. The zero-order valence-corrected chi connectivity index (χ0v) is 13.0. The molecule has 3 fully saturated rings. The molecule has 0 radical (unpaired) electrons. The van der Waals surface area contributed by atoms with Gasteiger partial charge in [-0.25, -0.2) is 0 Å². The number of likely N-dealkylation sites (tertiary alicyclic amines) is 1. The van der Waals surface area contributed by atoms with E-state index in [0.717, 1.165) is 32.4 Å². The molecule has 2 saturated carbocycles. The maximum atomic E-state index is 12.8. The average Bonchev–Trinajstić information content (AvgIpc) is 2.81. The van der Waals surface area contributed by atoms with Crippen molar-refractivity contribution in [1.82, 2.24) is 4.90 Å². The minimum absolute atomic E-state index is 0.0700. The van der Waals surface area contributed by atoms with E-state index in [4.69, 9.17) is 5.73 Å². The van der Waals surface area contributed by atoms with Gasteiger partial charge in [-0.3, -0.25) is 4.79 Å². The predicted octanol–water partition coefficient (Wildman–Crippen LogP) is 3.08. The number of nitrogens with two attached hydrogens (primary N) is 1. The number of carbonyl (C=O) groups excluding carboxylic acids is 1. The summed E-state index contributed by atoms with van der Waals surface area (Å²) in [6, 6.07) is 0.0700. The van der Waals surface area contributed by atoms with Crippen LogP contribution in [-0.4, -0.2) is 29.9 Å². The summed E-state index contributed by atoms with van der Waals surface area (Å²) >= 11 is 0. The largest absolute Gasteiger partial charge is 0.342 e. The molecule has 1 heterocycles. The van der Waals surface area contributed by atoms with E-state index in [1.807, 2.05) is 0 Å². The molecule has 20 heavy (non-hydrogen) atoms.